The summed E-state index contributed by atoms with van der Waals surface area (Å²) in [6, 6.07) is 11.3. The van der Waals surface area contributed by atoms with Crippen LogP contribution in [0.15, 0.2) is 51.8 Å². The van der Waals surface area contributed by atoms with Crippen LogP contribution in [0, 0.1) is 12.7 Å². The summed E-state index contributed by atoms with van der Waals surface area (Å²) in [7, 11) is 3.32. The molecule has 174 valence electrons. The number of benzene rings is 2. The van der Waals surface area contributed by atoms with E-state index in [1.165, 1.54) is 28.9 Å². The Bertz CT molecular complexity index is 1460. The van der Waals surface area contributed by atoms with Crippen LogP contribution in [0.3, 0.4) is 0 Å². The number of anilines is 1. The summed E-state index contributed by atoms with van der Waals surface area (Å²) in [6.07, 6.45) is 2.25. The summed E-state index contributed by atoms with van der Waals surface area (Å²) in [4.78, 5) is 26.4. The van der Waals surface area contributed by atoms with E-state index in [4.69, 9.17) is 9.26 Å². The molecule has 5 rings (SSSR count). The number of aryl methyl sites for hydroxylation is 1. The highest BCUT2D eigenvalue weighted by atomic mass is 19.1. The van der Waals surface area contributed by atoms with Crippen LogP contribution in [0.5, 0.6) is 5.75 Å². The van der Waals surface area contributed by atoms with Gasteiger partial charge in [-0.15, -0.1) is 0 Å². The Labute approximate surface area is 194 Å². The summed E-state index contributed by atoms with van der Waals surface area (Å²) >= 11 is 0. The Morgan fingerprint density at radius 2 is 1.94 bits per heavy atom. The lowest BCUT2D eigenvalue weighted by atomic mass is 10.0. The Morgan fingerprint density at radius 1 is 1.18 bits per heavy atom. The smallest absolute Gasteiger partial charge is 0.295 e. The van der Waals surface area contributed by atoms with Crippen LogP contribution in [0.1, 0.15) is 33.7 Å². The molecule has 0 saturated carbocycles. The van der Waals surface area contributed by atoms with Crippen molar-refractivity contribution in [3.05, 3.63) is 81.2 Å². The van der Waals surface area contributed by atoms with E-state index in [2.05, 4.69) is 10.5 Å². The van der Waals surface area contributed by atoms with Gasteiger partial charge in [0.05, 0.1) is 18.5 Å². The maximum absolute atomic E-state index is 13.3. The molecule has 0 unspecified atom stereocenters. The number of fused-ring (bicyclic) bond motifs is 3. The van der Waals surface area contributed by atoms with Crippen molar-refractivity contribution in [3.63, 3.8) is 0 Å². The molecule has 0 saturated heterocycles. The third-order valence-electron chi connectivity index (χ3n) is 6.30. The molecule has 1 N–H and O–H groups in total. The van der Waals surface area contributed by atoms with Crippen LogP contribution in [0.4, 0.5) is 10.1 Å². The Balaban J connectivity index is 1.50. The van der Waals surface area contributed by atoms with E-state index in [0.29, 0.717) is 29.1 Å². The Morgan fingerprint density at radius 3 is 2.68 bits per heavy atom. The fourth-order valence-corrected chi connectivity index (χ4v) is 4.41. The highest BCUT2D eigenvalue weighted by Crippen LogP contribution is 2.36. The first-order chi connectivity index (χ1) is 16.4. The molecule has 0 radical (unpaired) electrons. The van der Waals surface area contributed by atoms with Crippen molar-refractivity contribution < 1.29 is 18.4 Å². The average molecular weight is 462 g/mol. The lowest BCUT2D eigenvalue weighted by Gasteiger charge is -2.07. The van der Waals surface area contributed by atoms with Gasteiger partial charge in [-0.3, -0.25) is 14.3 Å². The van der Waals surface area contributed by atoms with Gasteiger partial charge in [0.1, 0.15) is 17.3 Å². The quantitative estimate of drug-likeness (QED) is 0.495. The van der Waals surface area contributed by atoms with Gasteiger partial charge in [-0.25, -0.2) is 9.07 Å². The number of rotatable bonds is 4. The minimum Gasteiger partial charge on any atom is -0.497 e. The minimum absolute atomic E-state index is 0.132. The van der Waals surface area contributed by atoms with Crippen LogP contribution in [-0.2, 0) is 19.9 Å². The molecular formula is C25H23FN4O4. The Kier molecular flexibility index (Phi) is 5.31. The third kappa shape index (κ3) is 3.49. The molecule has 0 fully saturated rings. The number of aromatic nitrogens is 3. The van der Waals surface area contributed by atoms with Gasteiger partial charge in [-0.05, 0) is 74.2 Å². The van der Waals surface area contributed by atoms with Crippen LogP contribution < -0.4 is 15.6 Å². The van der Waals surface area contributed by atoms with Crippen LogP contribution >= 0.6 is 0 Å². The third-order valence-corrected chi connectivity index (χ3v) is 6.30. The molecule has 2 heterocycles. The van der Waals surface area contributed by atoms with Crippen LogP contribution in [-0.4, -0.2) is 27.5 Å². The lowest BCUT2D eigenvalue weighted by molar-refractivity contribution is 0.101. The summed E-state index contributed by atoms with van der Waals surface area (Å²) in [5.41, 5.74) is 3.58. The zero-order valence-electron chi connectivity index (χ0n) is 19.0. The number of halogens is 1. The van der Waals surface area contributed by atoms with Gasteiger partial charge in [0.15, 0.2) is 11.5 Å². The first-order valence-corrected chi connectivity index (χ1v) is 10.9. The minimum atomic E-state index is -0.515. The largest absolute Gasteiger partial charge is 0.497 e. The number of hydrogen-bond acceptors (Lipinski definition) is 5. The van der Waals surface area contributed by atoms with E-state index in [-0.39, 0.29) is 11.4 Å². The first kappa shape index (κ1) is 21.7. The number of hydrogen-bond donors (Lipinski definition) is 1. The first-order valence-electron chi connectivity index (χ1n) is 10.9. The predicted molar refractivity (Wildman–Crippen MR) is 124 cm³/mol. The number of ether oxygens (including phenoxy) is 1. The number of nitrogens with zero attached hydrogens (tertiary/aromatic N) is 3. The van der Waals surface area contributed by atoms with Gasteiger partial charge in [0.2, 0.25) is 0 Å². The zero-order chi connectivity index (χ0) is 24.0. The summed E-state index contributed by atoms with van der Waals surface area (Å²) in [5, 5.41) is 6.78. The summed E-state index contributed by atoms with van der Waals surface area (Å²) in [6.45, 7) is 1.73. The molecule has 1 amide bonds. The summed E-state index contributed by atoms with van der Waals surface area (Å²) < 4.78 is 27.3. The topological polar surface area (TPSA) is 91.3 Å². The normalized spacial score (nSPS) is 12.6. The van der Waals surface area contributed by atoms with E-state index in [1.807, 2.05) is 18.2 Å². The van der Waals surface area contributed by atoms with Crippen molar-refractivity contribution in [3.8, 4) is 22.8 Å². The van der Waals surface area contributed by atoms with E-state index < -0.39 is 17.3 Å². The molecule has 0 spiro atoms. The molecule has 1 aliphatic rings. The maximum atomic E-state index is 13.3. The summed E-state index contributed by atoms with van der Waals surface area (Å²) in [5.74, 6) is 0.410. The zero-order valence-corrected chi connectivity index (χ0v) is 19.0. The SMILES string of the molecule is COc1ccc2c(c1)CCCc1c(C(=O)Nc3c(C)n(C)n(-c4ccc(F)cc4)c3=O)noc1-2. The van der Waals surface area contributed by atoms with Gasteiger partial charge in [-0.2, -0.15) is 0 Å². The van der Waals surface area contributed by atoms with Gasteiger partial charge < -0.3 is 14.6 Å². The molecule has 34 heavy (non-hydrogen) atoms. The second-order valence-corrected chi connectivity index (χ2v) is 8.25. The van der Waals surface area contributed by atoms with Crippen molar-refractivity contribution in [1.82, 2.24) is 14.5 Å². The molecule has 2 aromatic heterocycles. The molecular weight excluding hydrogens is 439 g/mol. The second-order valence-electron chi connectivity index (χ2n) is 8.25. The van der Waals surface area contributed by atoms with Crippen molar-refractivity contribution in [2.45, 2.75) is 26.2 Å². The monoisotopic (exact) mass is 462 g/mol. The van der Waals surface area contributed by atoms with E-state index in [9.17, 15) is 14.0 Å². The molecule has 0 aliphatic heterocycles. The fraction of sp³-hybridized carbons (Fsp3) is 0.240. The molecule has 2 aromatic carbocycles. The van der Waals surface area contributed by atoms with Gasteiger partial charge in [0.25, 0.3) is 11.5 Å². The van der Waals surface area contributed by atoms with Crippen molar-refractivity contribution >= 4 is 11.6 Å². The Hall–Kier alpha value is -4.14. The average Bonchev–Trinajstić information content (AvgIpc) is 3.27. The fourth-order valence-electron chi connectivity index (χ4n) is 4.41. The van der Waals surface area contributed by atoms with Gasteiger partial charge >= 0.3 is 0 Å². The maximum Gasteiger partial charge on any atom is 0.295 e. The molecule has 0 atom stereocenters. The predicted octanol–water partition coefficient (Wildman–Crippen LogP) is 4.03. The molecule has 1 aliphatic carbocycles. The van der Waals surface area contributed by atoms with Gasteiger partial charge in [0, 0.05) is 18.2 Å². The second kappa shape index (κ2) is 8.33. The molecule has 9 heteroatoms. The van der Waals surface area contributed by atoms with E-state index in [0.717, 1.165) is 29.7 Å². The molecule has 8 nitrogen and oxygen atoms in total. The van der Waals surface area contributed by atoms with Crippen molar-refractivity contribution in [2.24, 2.45) is 7.05 Å². The lowest BCUT2D eigenvalue weighted by Crippen LogP contribution is -2.23. The standard InChI is InChI=1S/C25H23FN4O4/c1-14-21(25(32)30(29(14)2)17-9-7-16(26)8-10-17)27-24(31)22-20-6-4-5-15-13-18(33-3)11-12-19(15)23(20)34-28-22/h7-13H,4-6H2,1-3H3,(H,27,31). The number of methoxy groups -OCH3 is 1. The molecule has 0 bridgehead atoms. The van der Waals surface area contributed by atoms with Crippen LogP contribution in [0.25, 0.3) is 17.0 Å². The van der Waals surface area contributed by atoms with Gasteiger partial charge in [-0.1, -0.05) is 5.16 Å². The van der Waals surface area contributed by atoms with E-state index in [1.54, 1.807) is 25.8 Å². The highest BCUT2D eigenvalue weighted by Gasteiger charge is 2.28. The van der Waals surface area contributed by atoms with Crippen molar-refractivity contribution in [2.75, 3.05) is 12.4 Å². The number of carbonyl (C=O) groups is 1. The van der Waals surface area contributed by atoms with Crippen molar-refractivity contribution in [1.29, 1.82) is 0 Å². The number of nitrogens with one attached hydrogen (secondary N) is 1. The number of carbonyl (C=O) groups excluding carboxylic acids is 1. The van der Waals surface area contributed by atoms with E-state index >= 15 is 0 Å². The number of amides is 1. The van der Waals surface area contributed by atoms with Crippen LogP contribution in [0.2, 0.25) is 0 Å². The highest BCUT2D eigenvalue weighted by molar-refractivity contribution is 6.05. The molecule has 4 aromatic rings.